The second-order valence-corrected chi connectivity index (χ2v) is 3.53. The van der Waals surface area contributed by atoms with Gasteiger partial charge in [0.15, 0.2) is 0 Å². The molecule has 0 heterocycles. The molecule has 0 fully saturated rings. The molecule has 0 aliphatic heterocycles. The van der Waals surface area contributed by atoms with E-state index in [4.69, 9.17) is 0 Å². The summed E-state index contributed by atoms with van der Waals surface area (Å²) in [7, 11) is 0. The summed E-state index contributed by atoms with van der Waals surface area (Å²) in [6.07, 6.45) is -5.47. The molecular weight excluding hydrogens is 241 g/mol. The van der Waals surface area contributed by atoms with Gasteiger partial charge in [-0.25, -0.2) is 4.79 Å². The average Bonchev–Trinajstić information content (AvgIpc) is 2.24. The highest BCUT2D eigenvalue weighted by molar-refractivity contribution is 5.91. The highest BCUT2D eigenvalue weighted by atomic mass is 19.4. The Balaban J connectivity index is 5.40. The van der Waals surface area contributed by atoms with Gasteiger partial charge < -0.3 is 9.84 Å². The topological polar surface area (TPSA) is 63.6 Å². The van der Waals surface area contributed by atoms with E-state index in [-0.39, 0.29) is 13.0 Å². The Kier molecular flexibility index (Phi) is 5.12. The van der Waals surface area contributed by atoms with E-state index in [1.54, 1.807) is 0 Å². The maximum Gasteiger partial charge on any atom is 0.428 e. The first-order chi connectivity index (χ1) is 7.62. The molecule has 0 aromatic rings. The van der Waals surface area contributed by atoms with E-state index in [1.165, 1.54) is 13.8 Å². The monoisotopic (exact) mass is 256 g/mol. The van der Waals surface area contributed by atoms with E-state index in [0.29, 0.717) is 0 Å². The Morgan fingerprint density at radius 3 is 2.06 bits per heavy atom. The summed E-state index contributed by atoms with van der Waals surface area (Å²) >= 11 is 0. The van der Waals surface area contributed by atoms with Gasteiger partial charge in [0.05, 0.1) is 12.5 Å². The Labute approximate surface area is 96.8 Å². The lowest BCUT2D eigenvalue weighted by Gasteiger charge is -2.32. The third-order valence-electron chi connectivity index (χ3n) is 2.48. The molecule has 0 bridgehead atoms. The first kappa shape index (κ1) is 15.9. The van der Waals surface area contributed by atoms with Crippen LogP contribution in [0, 0.1) is 5.92 Å². The summed E-state index contributed by atoms with van der Waals surface area (Å²) in [6, 6.07) is 0. The largest absolute Gasteiger partial charge is 0.464 e. The van der Waals surface area contributed by atoms with Crippen LogP contribution in [0.4, 0.5) is 13.2 Å². The van der Waals surface area contributed by atoms with Crippen molar-refractivity contribution in [3.63, 3.8) is 0 Å². The maximum absolute atomic E-state index is 12.7. The molecule has 0 spiro atoms. The van der Waals surface area contributed by atoms with Crippen molar-refractivity contribution in [1.29, 1.82) is 0 Å². The van der Waals surface area contributed by atoms with Crippen molar-refractivity contribution in [2.24, 2.45) is 5.92 Å². The fraction of sp³-hybridized carbons (Fsp3) is 0.800. The zero-order chi connectivity index (χ0) is 13.9. The molecule has 1 N–H and O–H groups in total. The van der Waals surface area contributed by atoms with Crippen molar-refractivity contribution >= 4 is 11.8 Å². The number of carbonyl (C=O) groups excluding carboxylic acids is 2. The van der Waals surface area contributed by atoms with Crippen LogP contribution in [0.25, 0.3) is 0 Å². The van der Waals surface area contributed by atoms with E-state index in [0.717, 1.165) is 6.92 Å². The van der Waals surface area contributed by atoms with Crippen molar-refractivity contribution in [2.75, 3.05) is 6.61 Å². The number of ether oxygens (including phenoxy) is 1. The molecule has 0 radical (unpaired) electrons. The van der Waals surface area contributed by atoms with Gasteiger partial charge in [-0.3, -0.25) is 4.79 Å². The quantitative estimate of drug-likeness (QED) is 0.756. The van der Waals surface area contributed by atoms with E-state index in [1.807, 2.05) is 0 Å². The van der Waals surface area contributed by atoms with Gasteiger partial charge in [-0.2, -0.15) is 13.2 Å². The van der Waals surface area contributed by atoms with Crippen LogP contribution in [0.3, 0.4) is 0 Å². The minimum Gasteiger partial charge on any atom is -0.464 e. The molecule has 0 aliphatic carbocycles. The van der Waals surface area contributed by atoms with Crippen LogP contribution in [0.1, 0.15) is 27.2 Å². The van der Waals surface area contributed by atoms with Crippen LogP contribution in [0.15, 0.2) is 0 Å². The summed E-state index contributed by atoms with van der Waals surface area (Å²) in [5, 5.41) is 9.50. The second kappa shape index (κ2) is 5.48. The van der Waals surface area contributed by atoms with E-state index in [9.17, 15) is 27.9 Å². The molecule has 0 amide bonds. The number of Topliss-reactive ketones (excluding diaryl/α,β-unsaturated/α-hetero) is 1. The number of esters is 1. The van der Waals surface area contributed by atoms with Crippen molar-refractivity contribution < 1.29 is 32.6 Å². The summed E-state index contributed by atoms with van der Waals surface area (Å²) in [5.41, 5.74) is -3.78. The predicted octanol–water partition coefficient (Wildman–Crippen LogP) is 1.46. The first-order valence-electron chi connectivity index (χ1n) is 5.11. The fourth-order valence-electron chi connectivity index (χ4n) is 1.32. The number of rotatable bonds is 5. The van der Waals surface area contributed by atoms with E-state index in [2.05, 4.69) is 4.74 Å². The molecule has 2 unspecified atom stereocenters. The van der Waals surface area contributed by atoms with Gasteiger partial charge in [0.25, 0.3) is 5.60 Å². The standard InChI is InChI=1S/C10H15F3O4/c1-4-7(14)6(3)9(16,10(11,12)13)8(15)17-5-2/h6,16H,4-5H2,1-3H3. The smallest absolute Gasteiger partial charge is 0.428 e. The first-order valence-corrected chi connectivity index (χ1v) is 5.11. The number of halogens is 3. The fourth-order valence-corrected chi connectivity index (χ4v) is 1.32. The molecule has 4 nitrogen and oxygen atoms in total. The number of hydrogen-bond donors (Lipinski definition) is 1. The number of alkyl halides is 3. The Bertz CT molecular complexity index is 300. The summed E-state index contributed by atoms with van der Waals surface area (Å²) < 4.78 is 42.4. The number of aliphatic hydroxyl groups is 1. The third-order valence-corrected chi connectivity index (χ3v) is 2.48. The van der Waals surface area contributed by atoms with E-state index < -0.39 is 29.4 Å². The van der Waals surface area contributed by atoms with E-state index >= 15 is 0 Å². The van der Waals surface area contributed by atoms with Crippen molar-refractivity contribution in [3.8, 4) is 0 Å². The third kappa shape index (κ3) is 2.96. The predicted molar refractivity (Wildman–Crippen MR) is 52.1 cm³/mol. The minimum absolute atomic E-state index is 0.209. The Morgan fingerprint density at radius 2 is 1.76 bits per heavy atom. The van der Waals surface area contributed by atoms with Crippen LogP contribution in [-0.2, 0) is 14.3 Å². The molecule has 0 saturated heterocycles. The number of hydrogen-bond acceptors (Lipinski definition) is 4. The highest BCUT2D eigenvalue weighted by Gasteiger charge is 2.65. The molecule has 0 aromatic carbocycles. The molecule has 2 atom stereocenters. The molecular formula is C10H15F3O4. The second-order valence-electron chi connectivity index (χ2n) is 3.53. The minimum atomic E-state index is -5.26. The van der Waals surface area contributed by atoms with Crippen LogP contribution in [0.2, 0.25) is 0 Å². The van der Waals surface area contributed by atoms with Gasteiger partial charge in [-0.15, -0.1) is 0 Å². The highest BCUT2D eigenvalue weighted by Crippen LogP contribution is 2.38. The Hall–Kier alpha value is -1.11. The molecule has 0 rings (SSSR count). The summed E-state index contributed by atoms with van der Waals surface area (Å²) in [5.74, 6) is -4.61. The lowest BCUT2D eigenvalue weighted by atomic mass is 9.84. The van der Waals surface area contributed by atoms with Crippen LogP contribution < -0.4 is 0 Å². The normalized spacial score (nSPS) is 17.1. The zero-order valence-electron chi connectivity index (χ0n) is 9.80. The lowest BCUT2D eigenvalue weighted by molar-refractivity contribution is -0.274. The maximum atomic E-state index is 12.7. The van der Waals surface area contributed by atoms with Gasteiger partial charge >= 0.3 is 12.1 Å². The lowest BCUT2D eigenvalue weighted by Crippen LogP contribution is -2.59. The molecule has 7 heteroatoms. The van der Waals surface area contributed by atoms with Gasteiger partial charge in [-0.05, 0) is 6.92 Å². The van der Waals surface area contributed by atoms with Gasteiger partial charge in [-0.1, -0.05) is 13.8 Å². The summed E-state index contributed by atoms with van der Waals surface area (Å²) in [6.45, 7) is 3.20. The van der Waals surface area contributed by atoms with Gasteiger partial charge in [0, 0.05) is 6.42 Å². The number of ketones is 1. The van der Waals surface area contributed by atoms with Crippen molar-refractivity contribution in [3.05, 3.63) is 0 Å². The molecule has 17 heavy (non-hydrogen) atoms. The molecule has 100 valence electrons. The van der Waals surface area contributed by atoms with Crippen LogP contribution in [0.5, 0.6) is 0 Å². The molecule has 0 aromatic heterocycles. The van der Waals surface area contributed by atoms with Crippen LogP contribution in [-0.4, -0.2) is 35.2 Å². The Morgan fingerprint density at radius 1 is 1.29 bits per heavy atom. The summed E-state index contributed by atoms with van der Waals surface area (Å²) in [4.78, 5) is 22.5. The molecule has 0 saturated carbocycles. The van der Waals surface area contributed by atoms with Crippen LogP contribution >= 0.6 is 0 Å². The SMILES string of the molecule is CCOC(=O)C(O)(C(C)C(=O)CC)C(F)(F)F. The van der Waals surface area contributed by atoms with Gasteiger partial charge in [0.1, 0.15) is 5.78 Å². The van der Waals surface area contributed by atoms with Crippen molar-refractivity contribution in [1.82, 2.24) is 0 Å². The van der Waals surface area contributed by atoms with Crippen molar-refractivity contribution in [2.45, 2.75) is 39.0 Å². The zero-order valence-corrected chi connectivity index (χ0v) is 9.80. The molecule has 0 aliphatic rings. The van der Waals surface area contributed by atoms with Gasteiger partial charge in [0.2, 0.25) is 0 Å². The average molecular weight is 256 g/mol. The number of carbonyl (C=O) groups is 2.